The number of hydrogen-bond donors (Lipinski definition) is 0. The van der Waals surface area contributed by atoms with Crippen molar-refractivity contribution in [2.24, 2.45) is 0 Å². The monoisotopic (exact) mass is 408 g/mol. The molecule has 5 heteroatoms. The van der Waals surface area contributed by atoms with E-state index in [9.17, 15) is 9.59 Å². The first-order chi connectivity index (χ1) is 14.3. The molecule has 30 heavy (non-hydrogen) atoms. The van der Waals surface area contributed by atoms with Crippen molar-refractivity contribution >= 4 is 16.9 Å². The normalized spacial score (nSPS) is 11.5. The van der Waals surface area contributed by atoms with Crippen molar-refractivity contribution in [1.29, 1.82) is 0 Å². The average Bonchev–Trinajstić information content (AvgIpc) is 2.71. The third kappa shape index (κ3) is 5.09. The summed E-state index contributed by atoms with van der Waals surface area (Å²) in [5, 5.41) is 0.603. The predicted molar refractivity (Wildman–Crippen MR) is 117 cm³/mol. The Balaban J connectivity index is 1.78. The Hall–Kier alpha value is -3.08. The van der Waals surface area contributed by atoms with E-state index < -0.39 is 11.6 Å². The Labute approximate surface area is 176 Å². The molecule has 0 atom stereocenters. The number of carbonyl (C=O) groups is 1. The van der Waals surface area contributed by atoms with Gasteiger partial charge in [0.25, 0.3) is 0 Å². The lowest BCUT2D eigenvalue weighted by Gasteiger charge is -2.19. The SMILES string of the molecule is CCCCc1c(OC(=O)COc2ccc(C(C)(C)C)cc2)c2ccccc2oc1=O. The summed E-state index contributed by atoms with van der Waals surface area (Å²) < 4.78 is 16.6. The molecule has 0 unspecified atom stereocenters. The smallest absolute Gasteiger partial charge is 0.349 e. The van der Waals surface area contributed by atoms with Crippen molar-refractivity contribution in [2.75, 3.05) is 6.61 Å². The van der Waals surface area contributed by atoms with E-state index >= 15 is 0 Å². The summed E-state index contributed by atoms with van der Waals surface area (Å²) in [5.41, 5.74) is 1.54. The number of rotatable bonds is 7. The van der Waals surface area contributed by atoms with E-state index in [0.29, 0.717) is 28.7 Å². The summed E-state index contributed by atoms with van der Waals surface area (Å²) in [6.45, 7) is 8.19. The molecule has 2 aromatic carbocycles. The molecule has 1 heterocycles. The highest BCUT2D eigenvalue weighted by Crippen LogP contribution is 2.29. The van der Waals surface area contributed by atoms with Crippen LogP contribution in [-0.4, -0.2) is 12.6 Å². The molecule has 158 valence electrons. The van der Waals surface area contributed by atoms with Gasteiger partial charge in [-0.2, -0.15) is 0 Å². The van der Waals surface area contributed by atoms with Crippen LogP contribution in [0.1, 0.15) is 51.7 Å². The van der Waals surface area contributed by atoms with E-state index in [1.165, 1.54) is 5.56 Å². The lowest BCUT2D eigenvalue weighted by Crippen LogP contribution is -2.21. The molecule has 0 saturated heterocycles. The second-order valence-electron chi connectivity index (χ2n) is 8.33. The van der Waals surface area contributed by atoms with Crippen LogP contribution in [0.3, 0.4) is 0 Å². The van der Waals surface area contributed by atoms with Crippen LogP contribution < -0.4 is 15.1 Å². The summed E-state index contributed by atoms with van der Waals surface area (Å²) in [5.74, 6) is 0.291. The zero-order valence-electron chi connectivity index (χ0n) is 18.0. The molecule has 0 bridgehead atoms. The molecule has 3 rings (SSSR count). The third-order valence-corrected chi connectivity index (χ3v) is 4.93. The highest BCUT2D eigenvalue weighted by Gasteiger charge is 2.19. The number of benzene rings is 2. The van der Waals surface area contributed by atoms with Gasteiger partial charge in [-0.1, -0.05) is 58.4 Å². The summed E-state index contributed by atoms with van der Waals surface area (Å²) >= 11 is 0. The second kappa shape index (κ2) is 9.16. The van der Waals surface area contributed by atoms with Crippen LogP contribution in [0.2, 0.25) is 0 Å². The van der Waals surface area contributed by atoms with Gasteiger partial charge in [0.1, 0.15) is 11.3 Å². The van der Waals surface area contributed by atoms with Crippen molar-refractivity contribution in [3.63, 3.8) is 0 Å². The molecule has 0 saturated carbocycles. The van der Waals surface area contributed by atoms with E-state index in [1.54, 1.807) is 18.2 Å². The summed E-state index contributed by atoms with van der Waals surface area (Å²) in [6, 6.07) is 14.7. The van der Waals surface area contributed by atoms with E-state index in [0.717, 1.165) is 12.8 Å². The van der Waals surface area contributed by atoms with Crippen molar-refractivity contribution in [2.45, 2.75) is 52.4 Å². The standard InChI is InChI=1S/C25H28O5/c1-5-6-9-20-23(19-10-7-8-11-21(19)29-24(20)27)30-22(26)16-28-18-14-12-17(13-15-18)25(2,3)4/h7-8,10-15H,5-6,9,16H2,1-4H3. The Bertz CT molecular complexity index is 1070. The van der Waals surface area contributed by atoms with Crippen molar-refractivity contribution < 1.29 is 18.7 Å². The van der Waals surface area contributed by atoms with Gasteiger partial charge in [0.2, 0.25) is 0 Å². The lowest BCUT2D eigenvalue weighted by atomic mass is 9.87. The van der Waals surface area contributed by atoms with E-state index in [2.05, 4.69) is 20.8 Å². The minimum absolute atomic E-state index is 0.0435. The molecule has 5 nitrogen and oxygen atoms in total. The molecule has 0 aliphatic carbocycles. The minimum Gasteiger partial charge on any atom is -0.482 e. The maximum absolute atomic E-state index is 12.5. The molecular weight excluding hydrogens is 380 g/mol. The summed E-state index contributed by atoms with van der Waals surface area (Å²) in [6.07, 6.45) is 2.19. The largest absolute Gasteiger partial charge is 0.482 e. The van der Waals surface area contributed by atoms with Gasteiger partial charge in [-0.15, -0.1) is 0 Å². The number of carbonyl (C=O) groups excluding carboxylic acids is 1. The fraction of sp³-hybridized carbons (Fsp3) is 0.360. The highest BCUT2D eigenvalue weighted by atomic mass is 16.6. The van der Waals surface area contributed by atoms with E-state index in [4.69, 9.17) is 13.9 Å². The van der Waals surface area contributed by atoms with Gasteiger partial charge in [-0.25, -0.2) is 9.59 Å². The predicted octanol–water partition coefficient (Wildman–Crippen LogP) is 5.42. The molecule has 0 amide bonds. The van der Waals surface area contributed by atoms with Crippen LogP contribution in [0.4, 0.5) is 0 Å². The zero-order chi connectivity index (χ0) is 21.7. The number of hydrogen-bond acceptors (Lipinski definition) is 5. The number of esters is 1. The minimum atomic E-state index is -0.566. The fourth-order valence-corrected chi connectivity index (χ4v) is 3.18. The molecule has 0 radical (unpaired) electrons. The van der Waals surface area contributed by atoms with Crippen LogP contribution in [0.25, 0.3) is 11.0 Å². The number of ether oxygens (including phenoxy) is 2. The first-order valence-corrected chi connectivity index (χ1v) is 10.3. The van der Waals surface area contributed by atoms with Gasteiger partial charge in [0, 0.05) is 0 Å². The van der Waals surface area contributed by atoms with Gasteiger partial charge in [-0.05, 0) is 48.1 Å². The first kappa shape index (κ1) is 21.6. The number of fused-ring (bicyclic) bond motifs is 1. The Kier molecular flexibility index (Phi) is 6.60. The lowest BCUT2D eigenvalue weighted by molar-refractivity contribution is -0.136. The molecule has 0 aliphatic rings. The highest BCUT2D eigenvalue weighted by molar-refractivity contribution is 5.87. The van der Waals surface area contributed by atoms with Gasteiger partial charge < -0.3 is 13.9 Å². The summed E-state index contributed by atoms with van der Waals surface area (Å²) in [7, 11) is 0. The molecule has 0 spiro atoms. The van der Waals surface area contributed by atoms with E-state index in [1.807, 2.05) is 37.3 Å². The quantitative estimate of drug-likeness (QED) is 0.386. The third-order valence-electron chi connectivity index (χ3n) is 4.93. The molecule has 0 N–H and O–H groups in total. The topological polar surface area (TPSA) is 65.7 Å². The van der Waals surface area contributed by atoms with E-state index in [-0.39, 0.29) is 17.8 Å². The van der Waals surface area contributed by atoms with Gasteiger partial charge in [0.05, 0.1) is 10.9 Å². The molecule has 3 aromatic rings. The van der Waals surface area contributed by atoms with Crippen molar-refractivity contribution in [3.05, 3.63) is 70.1 Å². The van der Waals surface area contributed by atoms with Crippen molar-refractivity contribution in [3.8, 4) is 11.5 Å². The maximum Gasteiger partial charge on any atom is 0.349 e. The van der Waals surface area contributed by atoms with Crippen LogP contribution in [0.15, 0.2) is 57.7 Å². The van der Waals surface area contributed by atoms with Crippen LogP contribution in [0.5, 0.6) is 11.5 Å². The fourth-order valence-electron chi connectivity index (χ4n) is 3.18. The van der Waals surface area contributed by atoms with Crippen LogP contribution in [-0.2, 0) is 16.6 Å². The Morgan fingerprint density at radius 2 is 1.73 bits per heavy atom. The molecule has 0 aliphatic heterocycles. The molecule has 1 aromatic heterocycles. The van der Waals surface area contributed by atoms with Crippen LogP contribution >= 0.6 is 0 Å². The zero-order valence-corrected chi connectivity index (χ0v) is 18.0. The second-order valence-corrected chi connectivity index (χ2v) is 8.33. The van der Waals surface area contributed by atoms with Crippen LogP contribution in [0, 0.1) is 0 Å². The number of unbranched alkanes of at least 4 members (excludes halogenated alkanes) is 1. The van der Waals surface area contributed by atoms with Gasteiger partial charge in [-0.3, -0.25) is 0 Å². The Morgan fingerprint density at radius 1 is 1.03 bits per heavy atom. The molecule has 0 fully saturated rings. The molecular formula is C25H28O5. The van der Waals surface area contributed by atoms with Crippen molar-refractivity contribution in [1.82, 2.24) is 0 Å². The first-order valence-electron chi connectivity index (χ1n) is 10.3. The number of para-hydroxylation sites is 1. The van der Waals surface area contributed by atoms with Gasteiger partial charge >= 0.3 is 11.6 Å². The summed E-state index contributed by atoms with van der Waals surface area (Å²) in [4.78, 5) is 25.0. The van der Waals surface area contributed by atoms with Gasteiger partial charge in [0.15, 0.2) is 12.4 Å². The average molecular weight is 408 g/mol. The Morgan fingerprint density at radius 3 is 2.40 bits per heavy atom. The maximum atomic E-state index is 12.5.